The molecule has 3 heterocycles. The van der Waals surface area contributed by atoms with Crippen LogP contribution < -0.4 is 10.2 Å². The Kier molecular flexibility index (Phi) is 4.23. The summed E-state index contributed by atoms with van der Waals surface area (Å²) in [6.07, 6.45) is 3.37. The standard InChI is InChI=1S/C22H26N2OS/c1-14-9-17(26-2)3-4-18(14)15-10-16-13-25-8-7-24-21-5-6-23-12-20(21)19(11-15)22(16)24/h3-4,9-11,20-21,23H,5-8,12-13H2,1-2H3/t20-,21-/m0/s1. The second kappa shape index (κ2) is 6.59. The third-order valence-corrected chi connectivity index (χ3v) is 6.95. The summed E-state index contributed by atoms with van der Waals surface area (Å²) < 4.78 is 5.96. The van der Waals surface area contributed by atoms with Crippen LogP contribution in [0.25, 0.3) is 11.1 Å². The fourth-order valence-electron chi connectivity index (χ4n) is 5.03. The van der Waals surface area contributed by atoms with E-state index < -0.39 is 0 Å². The fraction of sp³-hybridized carbons (Fsp3) is 0.455. The van der Waals surface area contributed by atoms with Crippen LogP contribution in [0.3, 0.4) is 0 Å². The Labute approximate surface area is 160 Å². The highest BCUT2D eigenvalue weighted by Gasteiger charge is 2.41. The van der Waals surface area contributed by atoms with E-state index >= 15 is 0 Å². The summed E-state index contributed by atoms with van der Waals surface area (Å²) in [5, 5.41) is 3.62. The Hall–Kier alpha value is -1.49. The van der Waals surface area contributed by atoms with Crippen molar-refractivity contribution in [2.75, 3.05) is 37.4 Å². The van der Waals surface area contributed by atoms with Crippen molar-refractivity contribution in [1.29, 1.82) is 0 Å². The van der Waals surface area contributed by atoms with Gasteiger partial charge >= 0.3 is 0 Å². The average molecular weight is 367 g/mol. The van der Waals surface area contributed by atoms with E-state index in [1.165, 1.54) is 44.8 Å². The number of hydrogen-bond acceptors (Lipinski definition) is 4. The van der Waals surface area contributed by atoms with E-state index in [2.05, 4.69) is 53.7 Å². The number of fused-ring (bicyclic) bond motifs is 3. The average Bonchev–Trinajstić information content (AvgIpc) is 2.83. The molecule has 136 valence electrons. The number of nitrogens with one attached hydrogen (secondary N) is 1. The first-order valence-electron chi connectivity index (χ1n) is 9.63. The van der Waals surface area contributed by atoms with Gasteiger partial charge in [0, 0.05) is 41.2 Å². The SMILES string of the molecule is CSc1ccc(-c2cc3c4c(c2)[C@@H]2CNCC[C@@H]2N4CCOC3)c(C)c1. The van der Waals surface area contributed by atoms with Gasteiger partial charge in [0.15, 0.2) is 0 Å². The first kappa shape index (κ1) is 16.7. The normalized spacial score (nSPS) is 24.2. The Morgan fingerprint density at radius 1 is 1.23 bits per heavy atom. The summed E-state index contributed by atoms with van der Waals surface area (Å²) in [6, 6.07) is 12.3. The number of nitrogens with zero attached hydrogens (tertiary/aromatic N) is 1. The monoisotopic (exact) mass is 366 g/mol. The molecular formula is C22H26N2OS. The lowest BCUT2D eigenvalue weighted by Crippen LogP contribution is -2.44. The maximum atomic E-state index is 5.96. The molecule has 0 radical (unpaired) electrons. The van der Waals surface area contributed by atoms with E-state index in [0.717, 1.165) is 32.8 Å². The highest BCUT2D eigenvalue weighted by molar-refractivity contribution is 7.98. The smallest absolute Gasteiger partial charge is 0.0738 e. The van der Waals surface area contributed by atoms with Gasteiger partial charge in [-0.3, -0.25) is 0 Å². The van der Waals surface area contributed by atoms with Gasteiger partial charge in [0.25, 0.3) is 0 Å². The molecule has 3 nitrogen and oxygen atoms in total. The van der Waals surface area contributed by atoms with E-state index in [9.17, 15) is 0 Å². The van der Waals surface area contributed by atoms with Gasteiger partial charge < -0.3 is 15.0 Å². The van der Waals surface area contributed by atoms with E-state index in [-0.39, 0.29) is 0 Å². The number of rotatable bonds is 2. The Morgan fingerprint density at radius 3 is 3.00 bits per heavy atom. The van der Waals surface area contributed by atoms with Crippen LogP contribution in [-0.2, 0) is 11.3 Å². The van der Waals surface area contributed by atoms with E-state index in [1.807, 2.05) is 0 Å². The summed E-state index contributed by atoms with van der Waals surface area (Å²) in [5.41, 5.74) is 8.44. The molecule has 26 heavy (non-hydrogen) atoms. The lowest BCUT2D eigenvalue weighted by atomic mass is 9.87. The van der Waals surface area contributed by atoms with Crippen LogP contribution in [0.15, 0.2) is 35.2 Å². The number of thioether (sulfide) groups is 1. The first-order chi connectivity index (χ1) is 12.8. The molecular weight excluding hydrogens is 340 g/mol. The highest BCUT2D eigenvalue weighted by atomic mass is 32.2. The summed E-state index contributed by atoms with van der Waals surface area (Å²) in [7, 11) is 0. The Bertz CT molecular complexity index is 850. The summed E-state index contributed by atoms with van der Waals surface area (Å²) in [5.74, 6) is 0.612. The number of hydrogen-bond donors (Lipinski definition) is 1. The molecule has 2 aromatic carbocycles. The lowest BCUT2D eigenvalue weighted by Gasteiger charge is -2.33. The molecule has 4 heteroatoms. The van der Waals surface area contributed by atoms with Crippen molar-refractivity contribution in [3.8, 4) is 11.1 Å². The van der Waals surface area contributed by atoms with Gasteiger partial charge in [-0.15, -0.1) is 11.8 Å². The molecule has 1 N–H and O–H groups in total. The topological polar surface area (TPSA) is 24.5 Å². The molecule has 5 rings (SSSR count). The number of ether oxygens (including phenoxy) is 1. The quantitative estimate of drug-likeness (QED) is 0.806. The predicted molar refractivity (Wildman–Crippen MR) is 109 cm³/mol. The van der Waals surface area contributed by atoms with Crippen LogP contribution in [0.5, 0.6) is 0 Å². The van der Waals surface area contributed by atoms with Gasteiger partial charge in [0.05, 0.1) is 13.2 Å². The van der Waals surface area contributed by atoms with Gasteiger partial charge in [-0.1, -0.05) is 6.07 Å². The number of piperidine rings is 1. The number of anilines is 1. The van der Waals surface area contributed by atoms with Crippen molar-refractivity contribution >= 4 is 17.4 Å². The zero-order chi connectivity index (χ0) is 17.7. The van der Waals surface area contributed by atoms with E-state index in [1.54, 1.807) is 11.8 Å². The van der Waals surface area contributed by atoms with Gasteiger partial charge in [-0.05, 0) is 72.7 Å². The molecule has 1 fully saturated rings. The zero-order valence-corrected chi connectivity index (χ0v) is 16.4. The van der Waals surface area contributed by atoms with E-state index in [0.29, 0.717) is 12.0 Å². The summed E-state index contributed by atoms with van der Waals surface area (Å²) in [4.78, 5) is 3.98. The first-order valence-corrected chi connectivity index (χ1v) is 10.9. The van der Waals surface area contributed by atoms with Crippen molar-refractivity contribution in [2.45, 2.75) is 36.8 Å². The number of benzene rings is 2. The van der Waals surface area contributed by atoms with Crippen LogP contribution in [0, 0.1) is 6.92 Å². The van der Waals surface area contributed by atoms with Crippen molar-refractivity contribution in [3.63, 3.8) is 0 Å². The molecule has 2 aromatic rings. The minimum atomic E-state index is 0.612. The Balaban J connectivity index is 1.66. The molecule has 0 spiro atoms. The molecule has 3 aliphatic rings. The minimum absolute atomic E-state index is 0.612. The third-order valence-electron chi connectivity index (χ3n) is 6.23. The van der Waals surface area contributed by atoms with Crippen LogP contribution in [-0.4, -0.2) is 38.5 Å². The van der Waals surface area contributed by atoms with Gasteiger partial charge in [-0.2, -0.15) is 0 Å². The van der Waals surface area contributed by atoms with Crippen LogP contribution in [0.1, 0.15) is 29.0 Å². The summed E-state index contributed by atoms with van der Waals surface area (Å²) >= 11 is 1.81. The molecule has 0 unspecified atom stereocenters. The largest absolute Gasteiger partial charge is 0.375 e. The van der Waals surface area contributed by atoms with E-state index in [4.69, 9.17) is 4.74 Å². The molecule has 1 saturated heterocycles. The number of aryl methyl sites for hydroxylation is 1. The second-order valence-corrected chi connectivity index (χ2v) is 8.55. The second-order valence-electron chi connectivity index (χ2n) is 7.67. The molecule has 0 amide bonds. The molecule has 3 aliphatic heterocycles. The van der Waals surface area contributed by atoms with Crippen molar-refractivity contribution in [3.05, 3.63) is 47.0 Å². The zero-order valence-electron chi connectivity index (χ0n) is 15.5. The maximum Gasteiger partial charge on any atom is 0.0738 e. The van der Waals surface area contributed by atoms with Crippen molar-refractivity contribution < 1.29 is 4.74 Å². The van der Waals surface area contributed by atoms with Crippen molar-refractivity contribution in [1.82, 2.24) is 5.32 Å². The lowest BCUT2D eigenvalue weighted by molar-refractivity contribution is 0.130. The van der Waals surface area contributed by atoms with Gasteiger partial charge in [0.1, 0.15) is 0 Å². The van der Waals surface area contributed by atoms with Crippen LogP contribution >= 0.6 is 11.8 Å². The fourth-order valence-corrected chi connectivity index (χ4v) is 5.53. The third kappa shape index (κ3) is 2.58. The molecule has 0 bridgehead atoms. The maximum absolute atomic E-state index is 5.96. The van der Waals surface area contributed by atoms with Crippen LogP contribution in [0.4, 0.5) is 5.69 Å². The highest BCUT2D eigenvalue weighted by Crippen LogP contribution is 2.48. The van der Waals surface area contributed by atoms with Crippen LogP contribution in [0.2, 0.25) is 0 Å². The van der Waals surface area contributed by atoms with Crippen molar-refractivity contribution in [2.24, 2.45) is 0 Å². The minimum Gasteiger partial charge on any atom is -0.375 e. The molecule has 0 saturated carbocycles. The predicted octanol–water partition coefficient (Wildman–Crippen LogP) is 4.18. The molecule has 0 aliphatic carbocycles. The van der Waals surface area contributed by atoms with Gasteiger partial charge in [-0.25, -0.2) is 0 Å². The Morgan fingerprint density at radius 2 is 2.15 bits per heavy atom. The molecule has 2 atom stereocenters. The summed E-state index contributed by atoms with van der Waals surface area (Å²) in [6.45, 7) is 7.06. The molecule has 0 aromatic heterocycles. The van der Waals surface area contributed by atoms with Gasteiger partial charge in [0.2, 0.25) is 0 Å².